The van der Waals surface area contributed by atoms with Gasteiger partial charge in [-0.3, -0.25) is 4.79 Å². The molecule has 1 atom stereocenters. The molecule has 100 valence electrons. The minimum atomic E-state index is -0.156. The third-order valence-electron chi connectivity index (χ3n) is 2.75. The molecule has 18 heavy (non-hydrogen) atoms. The molecule has 1 rings (SSSR count). The van der Waals surface area contributed by atoms with Crippen LogP contribution in [0.5, 0.6) is 5.75 Å². The van der Waals surface area contributed by atoms with Gasteiger partial charge in [0.05, 0.1) is 7.11 Å². The van der Waals surface area contributed by atoms with Crippen molar-refractivity contribution in [2.45, 2.75) is 13.3 Å². The van der Waals surface area contributed by atoms with Gasteiger partial charge in [-0.1, -0.05) is 24.6 Å². The van der Waals surface area contributed by atoms with Gasteiger partial charge in [0.2, 0.25) is 5.91 Å². The number of carbonyl (C=O) groups excluding carboxylic acids is 1. The van der Waals surface area contributed by atoms with E-state index in [2.05, 4.69) is 5.32 Å². The molecule has 0 aromatic heterocycles. The van der Waals surface area contributed by atoms with Crippen LogP contribution in [0.4, 0.5) is 0 Å². The lowest BCUT2D eigenvalue weighted by atomic mass is 10.1. The summed E-state index contributed by atoms with van der Waals surface area (Å²) in [6.07, 6.45) is 0.686. The zero-order chi connectivity index (χ0) is 13.5. The first-order chi connectivity index (χ1) is 8.58. The van der Waals surface area contributed by atoms with E-state index in [0.29, 0.717) is 24.5 Å². The van der Waals surface area contributed by atoms with Crippen LogP contribution in [0.1, 0.15) is 12.5 Å². The second-order valence-corrected chi connectivity index (χ2v) is 4.54. The Kier molecular flexibility index (Phi) is 5.95. The third kappa shape index (κ3) is 4.20. The van der Waals surface area contributed by atoms with Crippen LogP contribution in [-0.2, 0) is 11.2 Å². The number of nitrogens with one attached hydrogen (secondary N) is 1. The number of carbonyl (C=O) groups is 1. The molecule has 0 bridgehead atoms. The topological polar surface area (TPSA) is 64.3 Å². The molecule has 0 saturated carbocycles. The van der Waals surface area contributed by atoms with Gasteiger partial charge in [0, 0.05) is 24.0 Å². The SMILES string of the molecule is COc1ccc(CCNC(=O)C(C)CN)c(Cl)c1. The molecule has 1 unspecified atom stereocenters. The number of amides is 1. The Balaban J connectivity index is 2.47. The highest BCUT2D eigenvalue weighted by atomic mass is 35.5. The summed E-state index contributed by atoms with van der Waals surface area (Å²) in [7, 11) is 1.60. The molecule has 0 aliphatic rings. The van der Waals surface area contributed by atoms with Gasteiger partial charge >= 0.3 is 0 Å². The molecule has 0 fully saturated rings. The lowest BCUT2D eigenvalue weighted by Gasteiger charge is -2.11. The van der Waals surface area contributed by atoms with Gasteiger partial charge in [-0.2, -0.15) is 0 Å². The standard InChI is InChI=1S/C13H19ClN2O2/c1-9(8-15)13(17)16-6-5-10-3-4-11(18-2)7-12(10)14/h3-4,7,9H,5-6,8,15H2,1-2H3,(H,16,17). The molecular weight excluding hydrogens is 252 g/mol. The number of nitrogens with two attached hydrogens (primary N) is 1. The van der Waals surface area contributed by atoms with E-state index in [-0.39, 0.29) is 11.8 Å². The highest BCUT2D eigenvalue weighted by molar-refractivity contribution is 6.31. The first-order valence-electron chi connectivity index (χ1n) is 5.88. The maximum absolute atomic E-state index is 11.5. The van der Waals surface area contributed by atoms with Gasteiger partial charge in [0.15, 0.2) is 0 Å². The number of methoxy groups -OCH3 is 1. The summed E-state index contributed by atoms with van der Waals surface area (Å²) in [6, 6.07) is 5.52. The van der Waals surface area contributed by atoms with E-state index in [1.54, 1.807) is 20.1 Å². The Morgan fingerprint density at radius 1 is 1.56 bits per heavy atom. The fraction of sp³-hybridized carbons (Fsp3) is 0.462. The quantitative estimate of drug-likeness (QED) is 0.825. The van der Waals surface area contributed by atoms with Gasteiger partial charge in [0.1, 0.15) is 5.75 Å². The summed E-state index contributed by atoms with van der Waals surface area (Å²) in [6.45, 7) is 2.71. The Hall–Kier alpha value is -1.26. The summed E-state index contributed by atoms with van der Waals surface area (Å²) in [5, 5.41) is 3.48. The molecule has 1 amide bonds. The number of halogens is 1. The average molecular weight is 271 g/mol. The summed E-state index contributed by atoms with van der Waals surface area (Å²) < 4.78 is 5.07. The normalized spacial score (nSPS) is 12.0. The van der Waals surface area contributed by atoms with Crippen LogP contribution in [0.25, 0.3) is 0 Å². The first-order valence-corrected chi connectivity index (χ1v) is 6.26. The molecule has 5 heteroatoms. The summed E-state index contributed by atoms with van der Waals surface area (Å²) in [5.41, 5.74) is 6.40. The molecule has 4 nitrogen and oxygen atoms in total. The van der Waals surface area contributed by atoms with Crippen molar-refractivity contribution in [1.82, 2.24) is 5.32 Å². The van der Waals surface area contributed by atoms with E-state index >= 15 is 0 Å². The molecule has 0 aliphatic carbocycles. The second-order valence-electron chi connectivity index (χ2n) is 4.14. The monoisotopic (exact) mass is 270 g/mol. The molecule has 1 aromatic rings. The largest absolute Gasteiger partial charge is 0.497 e. The van der Waals surface area contributed by atoms with E-state index in [9.17, 15) is 4.79 Å². The average Bonchev–Trinajstić information content (AvgIpc) is 2.39. The predicted octanol–water partition coefficient (Wildman–Crippen LogP) is 1.60. The fourth-order valence-corrected chi connectivity index (χ4v) is 1.72. The molecule has 0 saturated heterocycles. The van der Waals surface area contributed by atoms with Crippen molar-refractivity contribution in [3.05, 3.63) is 28.8 Å². The van der Waals surface area contributed by atoms with Crippen molar-refractivity contribution in [2.75, 3.05) is 20.2 Å². The number of hydrogen-bond donors (Lipinski definition) is 2. The minimum absolute atomic E-state index is 0.0258. The fourth-order valence-electron chi connectivity index (χ4n) is 1.46. The van der Waals surface area contributed by atoms with E-state index in [4.69, 9.17) is 22.1 Å². The maximum Gasteiger partial charge on any atom is 0.224 e. The van der Waals surface area contributed by atoms with Gasteiger partial charge in [-0.15, -0.1) is 0 Å². The third-order valence-corrected chi connectivity index (χ3v) is 3.11. The molecule has 0 radical (unpaired) electrons. The van der Waals surface area contributed by atoms with E-state index in [0.717, 1.165) is 11.3 Å². The maximum atomic E-state index is 11.5. The Morgan fingerprint density at radius 3 is 2.83 bits per heavy atom. The molecule has 0 spiro atoms. The van der Waals surface area contributed by atoms with Crippen LogP contribution in [0.2, 0.25) is 5.02 Å². The summed E-state index contributed by atoms with van der Waals surface area (Å²) in [4.78, 5) is 11.5. The number of hydrogen-bond acceptors (Lipinski definition) is 3. The van der Waals surface area contributed by atoms with Crippen molar-refractivity contribution in [3.8, 4) is 5.75 Å². The molecule has 3 N–H and O–H groups in total. The highest BCUT2D eigenvalue weighted by Crippen LogP contribution is 2.22. The first kappa shape index (κ1) is 14.8. The van der Waals surface area contributed by atoms with Crippen molar-refractivity contribution in [2.24, 2.45) is 11.7 Å². The Labute approximate surface area is 112 Å². The second kappa shape index (κ2) is 7.24. The van der Waals surface area contributed by atoms with Crippen LogP contribution in [-0.4, -0.2) is 26.1 Å². The van der Waals surface area contributed by atoms with Crippen LogP contribution >= 0.6 is 11.6 Å². The minimum Gasteiger partial charge on any atom is -0.497 e. The molecule has 1 aromatic carbocycles. The summed E-state index contributed by atoms with van der Waals surface area (Å²) in [5.74, 6) is 0.544. The van der Waals surface area contributed by atoms with Crippen LogP contribution in [0.3, 0.4) is 0 Å². The zero-order valence-electron chi connectivity index (χ0n) is 10.7. The van der Waals surface area contributed by atoms with Crippen molar-refractivity contribution >= 4 is 17.5 Å². The van der Waals surface area contributed by atoms with Crippen molar-refractivity contribution < 1.29 is 9.53 Å². The Morgan fingerprint density at radius 2 is 2.28 bits per heavy atom. The smallest absolute Gasteiger partial charge is 0.224 e. The predicted molar refractivity (Wildman–Crippen MR) is 72.9 cm³/mol. The highest BCUT2D eigenvalue weighted by Gasteiger charge is 2.10. The van der Waals surface area contributed by atoms with Gasteiger partial charge in [-0.25, -0.2) is 0 Å². The molecule has 0 heterocycles. The van der Waals surface area contributed by atoms with Crippen LogP contribution in [0.15, 0.2) is 18.2 Å². The van der Waals surface area contributed by atoms with E-state index in [1.807, 2.05) is 12.1 Å². The summed E-state index contributed by atoms with van der Waals surface area (Å²) >= 11 is 6.10. The van der Waals surface area contributed by atoms with Crippen LogP contribution in [0, 0.1) is 5.92 Å². The lowest BCUT2D eigenvalue weighted by molar-refractivity contribution is -0.124. The lowest BCUT2D eigenvalue weighted by Crippen LogP contribution is -2.34. The van der Waals surface area contributed by atoms with Gasteiger partial charge < -0.3 is 15.8 Å². The number of benzene rings is 1. The molecule has 0 aliphatic heterocycles. The number of ether oxygens (including phenoxy) is 1. The van der Waals surface area contributed by atoms with Crippen molar-refractivity contribution in [1.29, 1.82) is 0 Å². The van der Waals surface area contributed by atoms with Crippen molar-refractivity contribution in [3.63, 3.8) is 0 Å². The zero-order valence-corrected chi connectivity index (χ0v) is 11.5. The van der Waals surface area contributed by atoms with Gasteiger partial charge in [0.25, 0.3) is 0 Å². The number of rotatable bonds is 6. The Bertz CT molecular complexity index is 410. The van der Waals surface area contributed by atoms with E-state index < -0.39 is 0 Å². The van der Waals surface area contributed by atoms with Gasteiger partial charge in [-0.05, 0) is 24.1 Å². The molecular formula is C13H19ClN2O2. The van der Waals surface area contributed by atoms with E-state index in [1.165, 1.54) is 0 Å². The van der Waals surface area contributed by atoms with Crippen LogP contribution < -0.4 is 15.8 Å².